The molecule has 1 amide bonds. The van der Waals surface area contributed by atoms with Crippen LogP contribution >= 0.6 is 15.9 Å². The zero-order valence-corrected chi connectivity index (χ0v) is 11.0. The molecule has 0 aliphatic heterocycles. The molecule has 0 saturated heterocycles. The highest BCUT2D eigenvalue weighted by molar-refractivity contribution is 9.10. The van der Waals surface area contributed by atoms with Crippen LogP contribution in [0.3, 0.4) is 0 Å². The maximum atomic E-state index is 13.2. The molecule has 0 unspecified atom stereocenters. The molecule has 1 aromatic carbocycles. The van der Waals surface area contributed by atoms with Crippen molar-refractivity contribution < 1.29 is 9.18 Å². The number of amides is 1. The van der Waals surface area contributed by atoms with Gasteiger partial charge in [0.15, 0.2) is 0 Å². The Morgan fingerprint density at radius 2 is 2.24 bits per heavy atom. The number of carbonyl (C=O) groups is 1. The first-order chi connectivity index (χ1) is 8.08. The Kier molecular flexibility index (Phi) is 5.11. The molecule has 0 heterocycles. The van der Waals surface area contributed by atoms with E-state index in [1.54, 1.807) is 6.07 Å². The van der Waals surface area contributed by atoms with Crippen LogP contribution in [0.2, 0.25) is 0 Å². The third-order valence-electron chi connectivity index (χ3n) is 2.27. The van der Waals surface area contributed by atoms with Crippen LogP contribution in [0, 0.1) is 17.1 Å². The number of benzene rings is 1. The fraction of sp³-hybridized carbons (Fsp3) is 0.333. The van der Waals surface area contributed by atoms with Gasteiger partial charge in [0.25, 0.3) is 5.91 Å². The maximum absolute atomic E-state index is 13.2. The molecule has 90 valence electrons. The number of halogens is 2. The highest BCUT2D eigenvalue weighted by atomic mass is 79.9. The maximum Gasteiger partial charge on any atom is 0.254 e. The van der Waals surface area contributed by atoms with Crippen LogP contribution < -0.4 is 0 Å². The second kappa shape index (κ2) is 6.36. The molecule has 0 N–H and O–H groups in total. The summed E-state index contributed by atoms with van der Waals surface area (Å²) in [6.07, 6.45) is 0.274. The molecule has 0 aliphatic carbocycles. The minimum atomic E-state index is -0.459. The predicted molar refractivity (Wildman–Crippen MR) is 65.9 cm³/mol. The van der Waals surface area contributed by atoms with Crippen LogP contribution in [-0.2, 0) is 0 Å². The number of carbonyl (C=O) groups excluding carboxylic acids is 1. The largest absolute Gasteiger partial charge is 0.338 e. The fourth-order valence-electron chi connectivity index (χ4n) is 1.45. The van der Waals surface area contributed by atoms with Crippen LogP contribution in [0.15, 0.2) is 22.7 Å². The third kappa shape index (κ3) is 3.82. The molecule has 0 fully saturated rings. The van der Waals surface area contributed by atoms with Crippen molar-refractivity contribution in [3.05, 3.63) is 34.1 Å². The number of hydrogen-bond donors (Lipinski definition) is 0. The summed E-state index contributed by atoms with van der Waals surface area (Å²) in [5, 5.41) is 8.50. The van der Waals surface area contributed by atoms with E-state index in [4.69, 9.17) is 5.26 Å². The van der Waals surface area contributed by atoms with Crippen molar-refractivity contribution in [3.8, 4) is 6.07 Å². The Balaban J connectivity index is 2.90. The van der Waals surface area contributed by atoms with Crippen molar-refractivity contribution in [1.29, 1.82) is 5.26 Å². The molecule has 0 saturated carbocycles. The topological polar surface area (TPSA) is 44.1 Å². The first-order valence-corrected chi connectivity index (χ1v) is 6.00. The van der Waals surface area contributed by atoms with E-state index < -0.39 is 5.82 Å². The average molecular weight is 299 g/mol. The van der Waals surface area contributed by atoms with Gasteiger partial charge in [-0.2, -0.15) is 5.26 Å². The fourth-order valence-corrected chi connectivity index (χ4v) is 1.91. The first-order valence-electron chi connectivity index (χ1n) is 5.20. The summed E-state index contributed by atoms with van der Waals surface area (Å²) in [6.45, 7) is 2.68. The van der Waals surface area contributed by atoms with E-state index in [1.807, 2.05) is 13.0 Å². The Bertz CT molecular complexity index is 436. The lowest BCUT2D eigenvalue weighted by Crippen LogP contribution is -2.31. The van der Waals surface area contributed by atoms with Gasteiger partial charge < -0.3 is 4.90 Å². The molecule has 0 spiro atoms. The molecular formula is C12H12BrFN2O. The van der Waals surface area contributed by atoms with Crippen molar-refractivity contribution in [2.24, 2.45) is 0 Å². The van der Waals surface area contributed by atoms with E-state index in [0.29, 0.717) is 17.6 Å². The van der Waals surface area contributed by atoms with Gasteiger partial charge in [-0.3, -0.25) is 4.79 Å². The molecule has 17 heavy (non-hydrogen) atoms. The molecule has 3 nitrogen and oxygen atoms in total. The molecule has 1 rings (SSSR count). The van der Waals surface area contributed by atoms with E-state index in [0.717, 1.165) is 0 Å². The normalized spacial score (nSPS) is 9.76. The number of nitriles is 1. The van der Waals surface area contributed by atoms with Gasteiger partial charge >= 0.3 is 0 Å². The van der Waals surface area contributed by atoms with Crippen molar-refractivity contribution in [2.45, 2.75) is 13.3 Å². The van der Waals surface area contributed by atoms with Gasteiger partial charge in [-0.05, 0) is 25.1 Å². The van der Waals surface area contributed by atoms with Gasteiger partial charge in [-0.25, -0.2) is 4.39 Å². The van der Waals surface area contributed by atoms with Crippen molar-refractivity contribution in [1.82, 2.24) is 4.90 Å². The summed E-state index contributed by atoms with van der Waals surface area (Å²) >= 11 is 3.14. The summed E-state index contributed by atoms with van der Waals surface area (Å²) < 4.78 is 13.7. The predicted octanol–water partition coefficient (Wildman–Crippen LogP) is 2.96. The van der Waals surface area contributed by atoms with E-state index in [9.17, 15) is 9.18 Å². The van der Waals surface area contributed by atoms with Crippen LogP contribution in [-0.4, -0.2) is 23.9 Å². The van der Waals surface area contributed by atoms with Gasteiger partial charge in [-0.1, -0.05) is 15.9 Å². The zero-order chi connectivity index (χ0) is 12.8. The van der Waals surface area contributed by atoms with Crippen LogP contribution in [0.4, 0.5) is 4.39 Å². The van der Waals surface area contributed by atoms with Crippen LogP contribution in [0.25, 0.3) is 0 Å². The lowest BCUT2D eigenvalue weighted by Gasteiger charge is -2.19. The molecule has 1 aromatic rings. The zero-order valence-electron chi connectivity index (χ0n) is 9.41. The third-order valence-corrected chi connectivity index (χ3v) is 2.73. The standard InChI is InChI=1S/C12H12BrFN2O/c1-2-16(5-3-4-15)12(17)9-6-10(13)8-11(14)7-9/h6-8H,2-3,5H2,1H3. The van der Waals surface area contributed by atoms with Crippen molar-refractivity contribution in [2.75, 3.05) is 13.1 Å². The second-order valence-electron chi connectivity index (χ2n) is 3.45. The van der Waals surface area contributed by atoms with Crippen molar-refractivity contribution >= 4 is 21.8 Å². The first kappa shape index (κ1) is 13.7. The molecule has 0 atom stereocenters. The summed E-state index contributed by atoms with van der Waals surface area (Å²) in [5.74, 6) is -0.720. The summed E-state index contributed by atoms with van der Waals surface area (Å²) in [4.78, 5) is 13.5. The monoisotopic (exact) mass is 298 g/mol. The van der Waals surface area contributed by atoms with Crippen molar-refractivity contribution in [3.63, 3.8) is 0 Å². The van der Waals surface area contributed by atoms with E-state index in [1.165, 1.54) is 17.0 Å². The Hall–Kier alpha value is -1.41. The number of hydrogen-bond acceptors (Lipinski definition) is 2. The molecule has 0 radical (unpaired) electrons. The summed E-state index contributed by atoms with van der Waals surface area (Å²) in [5.41, 5.74) is 0.289. The molecule has 5 heteroatoms. The van der Waals surface area contributed by atoms with Gasteiger partial charge in [-0.15, -0.1) is 0 Å². The summed E-state index contributed by atoms with van der Waals surface area (Å²) in [6, 6.07) is 6.04. The lowest BCUT2D eigenvalue weighted by atomic mass is 10.2. The SMILES string of the molecule is CCN(CCC#N)C(=O)c1cc(F)cc(Br)c1. The molecule has 0 aliphatic rings. The van der Waals surface area contributed by atoms with E-state index in [2.05, 4.69) is 15.9 Å². The molecule has 0 bridgehead atoms. The minimum absolute atomic E-state index is 0.261. The second-order valence-corrected chi connectivity index (χ2v) is 4.37. The van der Waals surface area contributed by atoms with Gasteiger partial charge in [0.05, 0.1) is 12.5 Å². The highest BCUT2D eigenvalue weighted by Gasteiger charge is 2.15. The Morgan fingerprint density at radius 3 is 2.76 bits per heavy atom. The van der Waals surface area contributed by atoms with E-state index >= 15 is 0 Å². The average Bonchev–Trinajstić information content (AvgIpc) is 2.28. The Labute approximate surface area is 108 Å². The van der Waals surface area contributed by atoms with Gasteiger partial charge in [0.2, 0.25) is 0 Å². The van der Waals surface area contributed by atoms with Crippen LogP contribution in [0.5, 0.6) is 0 Å². The van der Waals surface area contributed by atoms with Gasteiger partial charge in [0, 0.05) is 23.1 Å². The summed E-state index contributed by atoms with van der Waals surface area (Å²) in [7, 11) is 0. The minimum Gasteiger partial charge on any atom is -0.338 e. The highest BCUT2D eigenvalue weighted by Crippen LogP contribution is 2.16. The van der Waals surface area contributed by atoms with Gasteiger partial charge in [0.1, 0.15) is 5.82 Å². The Morgan fingerprint density at radius 1 is 1.53 bits per heavy atom. The van der Waals surface area contributed by atoms with E-state index in [-0.39, 0.29) is 17.9 Å². The molecular weight excluding hydrogens is 287 g/mol. The quantitative estimate of drug-likeness (QED) is 0.858. The number of rotatable bonds is 4. The lowest BCUT2D eigenvalue weighted by molar-refractivity contribution is 0.0767. The smallest absolute Gasteiger partial charge is 0.254 e. The van der Waals surface area contributed by atoms with Crippen LogP contribution in [0.1, 0.15) is 23.7 Å². The molecule has 0 aromatic heterocycles. The number of nitrogens with zero attached hydrogens (tertiary/aromatic N) is 2.